The molecule has 3 aliphatic rings. The van der Waals surface area contributed by atoms with Gasteiger partial charge in [0.1, 0.15) is 31.1 Å². The van der Waals surface area contributed by atoms with Gasteiger partial charge in [-0.2, -0.15) is 0 Å². The summed E-state index contributed by atoms with van der Waals surface area (Å²) in [7, 11) is 0. The smallest absolute Gasteiger partial charge is 0.190 e. The van der Waals surface area contributed by atoms with Gasteiger partial charge in [0.2, 0.25) is 0 Å². The van der Waals surface area contributed by atoms with Crippen LogP contribution in [0.4, 0.5) is 4.39 Å². The van der Waals surface area contributed by atoms with E-state index in [0.717, 1.165) is 0 Å². The van der Waals surface area contributed by atoms with Crippen LogP contribution in [0.3, 0.4) is 0 Å². The Hall–Kier alpha value is -0.270. The van der Waals surface area contributed by atoms with Crippen LogP contribution in [-0.2, 0) is 23.7 Å². The number of alkyl halides is 1. The number of hydrogen-bond donors (Lipinski definition) is 0. The normalized spacial score (nSPS) is 48.8. The van der Waals surface area contributed by atoms with Gasteiger partial charge in [0, 0.05) is 0 Å². The summed E-state index contributed by atoms with van der Waals surface area (Å²) in [5, 5.41) is 0. The molecule has 0 saturated carbocycles. The molecule has 0 aliphatic carbocycles. The lowest BCUT2D eigenvalue weighted by Crippen LogP contribution is -2.55. The third kappa shape index (κ3) is 1.96. The molecule has 3 heterocycles. The van der Waals surface area contributed by atoms with Gasteiger partial charge in [-0.15, -0.1) is 0 Å². The van der Waals surface area contributed by atoms with E-state index < -0.39 is 36.7 Å². The fraction of sp³-hybridized carbons (Fsp3) is 1.00. The van der Waals surface area contributed by atoms with E-state index in [-0.39, 0.29) is 12.2 Å². The molecule has 6 heteroatoms. The molecule has 3 fully saturated rings. The van der Waals surface area contributed by atoms with Crippen molar-refractivity contribution in [2.45, 2.75) is 70.0 Å². The first kappa shape index (κ1) is 12.7. The van der Waals surface area contributed by atoms with Crippen molar-refractivity contribution in [3.05, 3.63) is 0 Å². The fourth-order valence-electron chi connectivity index (χ4n) is 2.82. The Balaban J connectivity index is 1.86. The van der Waals surface area contributed by atoms with Crippen LogP contribution in [0.25, 0.3) is 0 Å². The summed E-state index contributed by atoms with van der Waals surface area (Å²) in [4.78, 5) is 0. The molecule has 1 unspecified atom stereocenters. The van der Waals surface area contributed by atoms with E-state index >= 15 is 0 Å². The molecule has 104 valence electrons. The third-order valence-electron chi connectivity index (χ3n) is 3.40. The molecule has 18 heavy (non-hydrogen) atoms. The van der Waals surface area contributed by atoms with Crippen molar-refractivity contribution in [2.75, 3.05) is 6.67 Å². The minimum absolute atomic E-state index is 0.360. The molecule has 5 atom stereocenters. The molecule has 5 nitrogen and oxygen atoms in total. The third-order valence-corrected chi connectivity index (χ3v) is 3.40. The maximum atomic E-state index is 13.1. The zero-order chi connectivity index (χ0) is 13.1. The van der Waals surface area contributed by atoms with E-state index in [4.69, 9.17) is 23.7 Å². The minimum Gasteiger partial charge on any atom is -0.342 e. The Kier molecular flexibility index (Phi) is 2.74. The number of fused-ring (bicyclic) bond motifs is 3. The van der Waals surface area contributed by atoms with Gasteiger partial charge >= 0.3 is 0 Å². The quantitative estimate of drug-likeness (QED) is 0.714. The maximum Gasteiger partial charge on any atom is 0.190 e. The summed E-state index contributed by atoms with van der Waals surface area (Å²) in [6.45, 7) is 6.57. The van der Waals surface area contributed by atoms with Gasteiger partial charge in [-0.25, -0.2) is 4.39 Å². The molecule has 3 saturated heterocycles. The molecule has 3 rings (SSSR count). The summed E-state index contributed by atoms with van der Waals surface area (Å²) >= 11 is 0. The standard InChI is InChI=1S/C12H19FO5/c1-11(2)15-7-6(5-13)14-10-9(8(7)16-11)17-12(3,4)18-10/h6-10H,5H2,1-4H3/t6?,7-,8-,9+,10+/m0/s1. The molecular weight excluding hydrogens is 243 g/mol. The van der Waals surface area contributed by atoms with Gasteiger partial charge in [0.15, 0.2) is 17.9 Å². The lowest BCUT2D eigenvalue weighted by atomic mass is 10.00. The van der Waals surface area contributed by atoms with Crippen LogP contribution in [0.1, 0.15) is 27.7 Å². The van der Waals surface area contributed by atoms with Crippen molar-refractivity contribution in [2.24, 2.45) is 0 Å². The van der Waals surface area contributed by atoms with E-state index in [1.165, 1.54) is 0 Å². The van der Waals surface area contributed by atoms with Gasteiger partial charge in [0.05, 0.1) is 0 Å². The van der Waals surface area contributed by atoms with E-state index in [1.807, 2.05) is 0 Å². The van der Waals surface area contributed by atoms with Crippen LogP contribution >= 0.6 is 0 Å². The lowest BCUT2D eigenvalue weighted by Gasteiger charge is -2.35. The summed E-state index contributed by atoms with van der Waals surface area (Å²) in [6, 6.07) is 0. The van der Waals surface area contributed by atoms with Crippen LogP contribution < -0.4 is 0 Å². The second-order valence-corrected chi connectivity index (χ2v) is 5.86. The average molecular weight is 262 g/mol. The monoisotopic (exact) mass is 262 g/mol. The molecular formula is C12H19FO5. The predicted molar refractivity (Wildman–Crippen MR) is 58.5 cm³/mol. The molecule has 0 spiro atoms. The second-order valence-electron chi connectivity index (χ2n) is 5.86. The lowest BCUT2D eigenvalue weighted by molar-refractivity contribution is -0.236. The van der Waals surface area contributed by atoms with Crippen molar-refractivity contribution < 1.29 is 28.1 Å². The highest BCUT2D eigenvalue weighted by molar-refractivity contribution is 4.99. The van der Waals surface area contributed by atoms with E-state index in [0.29, 0.717) is 0 Å². The maximum absolute atomic E-state index is 13.1. The summed E-state index contributed by atoms with van der Waals surface area (Å²) in [5.41, 5.74) is 0. The van der Waals surface area contributed by atoms with Gasteiger partial charge in [-0.1, -0.05) is 0 Å². The van der Waals surface area contributed by atoms with Crippen LogP contribution in [0.5, 0.6) is 0 Å². The molecule has 0 aromatic rings. The molecule has 0 N–H and O–H groups in total. The van der Waals surface area contributed by atoms with Gasteiger partial charge in [-0.3, -0.25) is 0 Å². The van der Waals surface area contributed by atoms with E-state index in [2.05, 4.69) is 0 Å². The van der Waals surface area contributed by atoms with Crippen molar-refractivity contribution in [3.63, 3.8) is 0 Å². The number of halogens is 1. The molecule has 0 bridgehead atoms. The first-order valence-corrected chi connectivity index (χ1v) is 6.24. The second kappa shape index (κ2) is 3.86. The van der Waals surface area contributed by atoms with E-state index in [1.54, 1.807) is 27.7 Å². The minimum atomic E-state index is -0.753. The van der Waals surface area contributed by atoms with Gasteiger partial charge in [-0.05, 0) is 27.7 Å². The predicted octanol–water partition coefficient (Wildman–Crippen LogP) is 1.35. The molecule has 0 amide bonds. The SMILES string of the molecule is CC1(C)O[C@H]2OC(CF)[C@@H]3OC(C)(C)O[C@@H]3[C@H]2O1. The highest BCUT2D eigenvalue weighted by Gasteiger charge is 2.60. The Morgan fingerprint density at radius 3 is 2.06 bits per heavy atom. The Labute approximate surface area is 105 Å². The topological polar surface area (TPSA) is 46.2 Å². The Morgan fingerprint density at radius 2 is 1.39 bits per heavy atom. The summed E-state index contributed by atoms with van der Waals surface area (Å²) in [5.74, 6) is -1.50. The average Bonchev–Trinajstić information content (AvgIpc) is 2.71. The van der Waals surface area contributed by atoms with Crippen molar-refractivity contribution in [1.82, 2.24) is 0 Å². The fourth-order valence-corrected chi connectivity index (χ4v) is 2.82. The summed E-state index contributed by atoms with van der Waals surface area (Å²) in [6.07, 6.45) is -2.46. The van der Waals surface area contributed by atoms with Crippen LogP contribution in [0, 0.1) is 0 Å². The number of rotatable bonds is 1. The molecule has 0 radical (unpaired) electrons. The highest BCUT2D eigenvalue weighted by atomic mass is 19.1. The van der Waals surface area contributed by atoms with E-state index in [9.17, 15) is 4.39 Å². The largest absolute Gasteiger partial charge is 0.342 e. The number of hydrogen-bond acceptors (Lipinski definition) is 5. The highest BCUT2D eigenvalue weighted by Crippen LogP contribution is 2.43. The first-order valence-electron chi connectivity index (χ1n) is 6.24. The van der Waals surface area contributed by atoms with Gasteiger partial charge in [0.25, 0.3) is 0 Å². The first-order chi connectivity index (χ1) is 8.31. The summed E-state index contributed by atoms with van der Waals surface area (Å²) < 4.78 is 41.6. The van der Waals surface area contributed by atoms with Gasteiger partial charge < -0.3 is 23.7 Å². The zero-order valence-corrected chi connectivity index (χ0v) is 11.0. The number of ether oxygens (including phenoxy) is 5. The van der Waals surface area contributed by atoms with Crippen molar-refractivity contribution >= 4 is 0 Å². The van der Waals surface area contributed by atoms with Crippen LogP contribution in [-0.4, -0.2) is 49.0 Å². The van der Waals surface area contributed by atoms with Crippen molar-refractivity contribution in [3.8, 4) is 0 Å². The van der Waals surface area contributed by atoms with Crippen LogP contribution in [0.15, 0.2) is 0 Å². The molecule has 0 aromatic carbocycles. The zero-order valence-electron chi connectivity index (χ0n) is 11.0. The Morgan fingerprint density at radius 1 is 0.833 bits per heavy atom. The van der Waals surface area contributed by atoms with Crippen molar-refractivity contribution in [1.29, 1.82) is 0 Å². The van der Waals surface area contributed by atoms with Crippen LogP contribution in [0.2, 0.25) is 0 Å². The molecule has 3 aliphatic heterocycles. The Bertz CT molecular complexity index is 345. The molecule has 0 aromatic heterocycles.